The number of carbonyl (C=O) groups is 1. The Kier molecular flexibility index (Phi) is 2.96. The Morgan fingerprint density at radius 2 is 2.06 bits per heavy atom. The molecule has 1 aromatic carbocycles. The summed E-state index contributed by atoms with van der Waals surface area (Å²) in [6.07, 6.45) is 0. The van der Waals surface area contributed by atoms with Crippen LogP contribution >= 0.6 is 0 Å². The van der Waals surface area contributed by atoms with E-state index < -0.39 is 0 Å². The molecule has 0 bridgehead atoms. The third-order valence-corrected chi connectivity index (χ3v) is 3.25. The fourth-order valence-electron chi connectivity index (χ4n) is 2.19. The van der Waals surface area contributed by atoms with Crippen molar-refractivity contribution in [2.24, 2.45) is 0 Å². The van der Waals surface area contributed by atoms with Gasteiger partial charge in [0.05, 0.1) is 0 Å². The van der Waals surface area contributed by atoms with Crippen LogP contribution in [0.4, 0.5) is 0 Å². The van der Waals surface area contributed by atoms with Gasteiger partial charge in [0.25, 0.3) is 5.91 Å². The third kappa shape index (κ3) is 2.20. The summed E-state index contributed by atoms with van der Waals surface area (Å²) < 4.78 is 0. The fourth-order valence-corrected chi connectivity index (χ4v) is 2.19. The number of carbonyl (C=O) groups excluding carboxylic acids is 1. The quantitative estimate of drug-likeness (QED) is 0.818. The molecule has 92 valence electrons. The highest BCUT2D eigenvalue weighted by Gasteiger charge is 2.25. The molecule has 1 aliphatic rings. The van der Waals surface area contributed by atoms with Gasteiger partial charge in [0.1, 0.15) is 0 Å². The molecule has 3 nitrogen and oxygen atoms in total. The van der Waals surface area contributed by atoms with E-state index >= 15 is 0 Å². The van der Waals surface area contributed by atoms with Gasteiger partial charge in [-0.15, -0.1) is 0 Å². The Labute approximate surface area is 103 Å². The summed E-state index contributed by atoms with van der Waals surface area (Å²) in [5, 5.41) is 6.06. The second-order valence-corrected chi connectivity index (χ2v) is 5.62. The molecule has 0 fully saturated rings. The molecule has 0 aromatic heterocycles. The van der Waals surface area contributed by atoms with Crippen molar-refractivity contribution in [3.8, 4) is 0 Å². The first-order valence-electron chi connectivity index (χ1n) is 6.02. The van der Waals surface area contributed by atoms with E-state index in [1.807, 2.05) is 13.1 Å². The number of hydrogen-bond acceptors (Lipinski definition) is 2. The maximum atomic E-state index is 11.8. The number of rotatable bonds is 2. The van der Waals surface area contributed by atoms with Gasteiger partial charge in [-0.1, -0.05) is 26.8 Å². The normalized spacial score (nSPS) is 14.7. The van der Waals surface area contributed by atoms with Crippen molar-refractivity contribution in [3.63, 3.8) is 0 Å². The van der Waals surface area contributed by atoms with Crippen LogP contribution in [0.2, 0.25) is 0 Å². The molecule has 0 saturated heterocycles. The third-order valence-electron chi connectivity index (χ3n) is 3.25. The molecule has 1 amide bonds. The zero-order valence-electron chi connectivity index (χ0n) is 11.0. The molecule has 3 heteroatoms. The predicted molar refractivity (Wildman–Crippen MR) is 69.1 cm³/mol. The molecular formula is C14H20N2O. The summed E-state index contributed by atoms with van der Waals surface area (Å²) in [5.41, 5.74) is 4.52. The predicted octanol–water partition coefficient (Wildman–Crippen LogP) is 1.95. The Hall–Kier alpha value is -1.35. The molecule has 0 saturated carbocycles. The zero-order valence-corrected chi connectivity index (χ0v) is 11.0. The topological polar surface area (TPSA) is 41.1 Å². The number of hydrogen-bond donors (Lipinski definition) is 2. The van der Waals surface area contributed by atoms with E-state index in [0.29, 0.717) is 6.54 Å². The van der Waals surface area contributed by atoms with Gasteiger partial charge in [0.2, 0.25) is 0 Å². The van der Waals surface area contributed by atoms with E-state index in [1.54, 1.807) is 0 Å². The minimum absolute atomic E-state index is 0.0588. The minimum Gasteiger partial charge on any atom is -0.348 e. The van der Waals surface area contributed by atoms with Gasteiger partial charge in [-0.2, -0.15) is 0 Å². The second kappa shape index (κ2) is 4.15. The first-order valence-corrected chi connectivity index (χ1v) is 6.02. The van der Waals surface area contributed by atoms with Crippen LogP contribution in [0.15, 0.2) is 12.1 Å². The Bertz CT molecular complexity index is 458. The lowest BCUT2D eigenvalue weighted by molar-refractivity contribution is 0.0965. The molecule has 0 unspecified atom stereocenters. The van der Waals surface area contributed by atoms with Crippen LogP contribution in [0.5, 0.6) is 0 Å². The van der Waals surface area contributed by atoms with Crippen molar-refractivity contribution < 1.29 is 4.79 Å². The highest BCUT2D eigenvalue weighted by molar-refractivity contribution is 5.99. The van der Waals surface area contributed by atoms with Crippen LogP contribution in [0, 0.1) is 0 Å². The molecule has 2 N–H and O–H groups in total. The molecule has 1 aromatic rings. The standard InChI is InChI=1S/C14H20N2O/c1-14(2,3)10-5-9(7-15-4)12-8-16-13(17)11(12)6-10/h5-6,15H,7-8H2,1-4H3,(H,16,17). The van der Waals surface area contributed by atoms with Crippen molar-refractivity contribution in [2.45, 2.75) is 39.3 Å². The maximum Gasteiger partial charge on any atom is 0.251 e. The van der Waals surface area contributed by atoms with E-state index in [1.165, 1.54) is 11.1 Å². The zero-order chi connectivity index (χ0) is 12.6. The Balaban J connectivity index is 2.56. The molecular weight excluding hydrogens is 212 g/mol. The summed E-state index contributed by atoms with van der Waals surface area (Å²) in [4.78, 5) is 11.8. The van der Waals surface area contributed by atoms with E-state index in [0.717, 1.165) is 17.7 Å². The average molecular weight is 232 g/mol. The monoisotopic (exact) mass is 232 g/mol. The highest BCUT2D eigenvalue weighted by atomic mass is 16.1. The average Bonchev–Trinajstić information content (AvgIpc) is 2.60. The second-order valence-electron chi connectivity index (χ2n) is 5.62. The summed E-state index contributed by atoms with van der Waals surface area (Å²) in [5.74, 6) is 0.0588. The van der Waals surface area contributed by atoms with E-state index in [9.17, 15) is 4.79 Å². The van der Waals surface area contributed by atoms with Crippen molar-refractivity contribution in [3.05, 3.63) is 34.4 Å². The molecule has 0 atom stereocenters. The van der Waals surface area contributed by atoms with E-state index in [-0.39, 0.29) is 11.3 Å². The van der Waals surface area contributed by atoms with Crippen molar-refractivity contribution in [1.29, 1.82) is 0 Å². The van der Waals surface area contributed by atoms with Crippen molar-refractivity contribution in [2.75, 3.05) is 7.05 Å². The molecule has 2 rings (SSSR count). The van der Waals surface area contributed by atoms with Gasteiger partial charge in [0, 0.05) is 18.7 Å². The Morgan fingerprint density at radius 1 is 1.35 bits per heavy atom. The molecule has 17 heavy (non-hydrogen) atoms. The number of nitrogens with one attached hydrogen (secondary N) is 2. The van der Waals surface area contributed by atoms with Crippen LogP contribution in [-0.2, 0) is 18.5 Å². The molecule has 0 aliphatic carbocycles. The van der Waals surface area contributed by atoms with Gasteiger partial charge in [-0.05, 0) is 35.2 Å². The smallest absolute Gasteiger partial charge is 0.251 e. The molecule has 1 heterocycles. The first-order chi connectivity index (χ1) is 7.93. The van der Waals surface area contributed by atoms with E-state index in [4.69, 9.17) is 0 Å². The summed E-state index contributed by atoms with van der Waals surface area (Å²) >= 11 is 0. The van der Waals surface area contributed by atoms with Gasteiger partial charge in [-0.25, -0.2) is 0 Å². The van der Waals surface area contributed by atoms with Crippen LogP contribution in [0.1, 0.15) is 47.8 Å². The van der Waals surface area contributed by atoms with Crippen molar-refractivity contribution >= 4 is 5.91 Å². The lowest BCUT2D eigenvalue weighted by Gasteiger charge is -2.21. The lowest BCUT2D eigenvalue weighted by atomic mass is 9.83. The van der Waals surface area contributed by atoms with Crippen LogP contribution in [-0.4, -0.2) is 13.0 Å². The minimum atomic E-state index is 0.0588. The lowest BCUT2D eigenvalue weighted by Crippen LogP contribution is -2.16. The van der Waals surface area contributed by atoms with Gasteiger partial charge in [-0.3, -0.25) is 4.79 Å². The van der Waals surface area contributed by atoms with Crippen LogP contribution in [0.3, 0.4) is 0 Å². The maximum absolute atomic E-state index is 11.8. The molecule has 0 radical (unpaired) electrons. The SMILES string of the molecule is CNCc1cc(C(C)(C)C)cc2c1CNC2=O. The Morgan fingerprint density at radius 3 is 2.65 bits per heavy atom. The summed E-state index contributed by atoms with van der Waals surface area (Å²) in [6, 6.07) is 4.26. The van der Waals surface area contributed by atoms with Gasteiger partial charge >= 0.3 is 0 Å². The van der Waals surface area contributed by atoms with Crippen LogP contribution in [0.25, 0.3) is 0 Å². The van der Waals surface area contributed by atoms with Crippen molar-refractivity contribution in [1.82, 2.24) is 10.6 Å². The van der Waals surface area contributed by atoms with E-state index in [2.05, 4.69) is 37.5 Å². The summed E-state index contributed by atoms with van der Waals surface area (Å²) in [7, 11) is 1.93. The first kappa shape index (κ1) is 12.1. The number of amides is 1. The molecule has 0 spiro atoms. The highest BCUT2D eigenvalue weighted by Crippen LogP contribution is 2.29. The van der Waals surface area contributed by atoms with Gasteiger partial charge < -0.3 is 10.6 Å². The van der Waals surface area contributed by atoms with Crippen LogP contribution < -0.4 is 10.6 Å². The van der Waals surface area contributed by atoms with Gasteiger partial charge in [0.15, 0.2) is 0 Å². The summed E-state index contributed by atoms with van der Waals surface area (Å²) in [6.45, 7) is 7.98. The fraction of sp³-hybridized carbons (Fsp3) is 0.500. The number of benzene rings is 1. The largest absolute Gasteiger partial charge is 0.348 e. The molecule has 1 aliphatic heterocycles. The number of fused-ring (bicyclic) bond motifs is 1.